The Balaban J connectivity index is 1.81. The average Bonchev–Trinajstić information content (AvgIpc) is 2.59. The molecule has 2 fully saturated rings. The zero-order valence-corrected chi connectivity index (χ0v) is 8.00. The van der Waals surface area contributed by atoms with Gasteiger partial charge in [0.05, 0.1) is 13.2 Å². The molecule has 0 aromatic heterocycles. The van der Waals surface area contributed by atoms with E-state index in [-0.39, 0.29) is 5.79 Å². The van der Waals surface area contributed by atoms with E-state index in [0.29, 0.717) is 0 Å². The minimum atomic E-state index is -0.231. The lowest BCUT2D eigenvalue weighted by Crippen LogP contribution is -2.46. The van der Waals surface area contributed by atoms with Crippen molar-refractivity contribution in [2.24, 2.45) is 5.73 Å². The monoisotopic (exact) mass is 186 g/mol. The van der Waals surface area contributed by atoms with Gasteiger partial charge in [0.25, 0.3) is 0 Å². The van der Waals surface area contributed by atoms with E-state index < -0.39 is 0 Å². The number of ether oxygens (including phenoxy) is 2. The molecule has 0 aromatic carbocycles. The molecule has 0 unspecified atom stereocenters. The number of piperidine rings is 1. The molecule has 4 nitrogen and oxygen atoms in total. The average molecular weight is 186 g/mol. The normalized spacial score (nSPS) is 28.4. The Hall–Kier alpha value is -0.160. The molecule has 0 saturated carbocycles. The van der Waals surface area contributed by atoms with Gasteiger partial charge in [-0.2, -0.15) is 0 Å². The molecule has 2 rings (SSSR count). The molecule has 2 aliphatic rings. The molecule has 13 heavy (non-hydrogen) atoms. The van der Waals surface area contributed by atoms with Gasteiger partial charge in [0.2, 0.25) is 0 Å². The molecule has 0 amide bonds. The van der Waals surface area contributed by atoms with Crippen molar-refractivity contribution in [2.75, 3.05) is 39.4 Å². The smallest absolute Gasteiger partial charge is 0.170 e. The van der Waals surface area contributed by atoms with Gasteiger partial charge in [-0.3, -0.25) is 0 Å². The van der Waals surface area contributed by atoms with Crippen LogP contribution in [0, 0.1) is 0 Å². The van der Waals surface area contributed by atoms with Crippen LogP contribution in [-0.4, -0.2) is 50.1 Å². The van der Waals surface area contributed by atoms with Crippen molar-refractivity contribution < 1.29 is 9.47 Å². The Bertz CT molecular complexity index is 159. The summed E-state index contributed by atoms with van der Waals surface area (Å²) in [5.74, 6) is -0.231. The van der Waals surface area contributed by atoms with Crippen LogP contribution in [0.2, 0.25) is 0 Å². The number of rotatable bonds is 2. The highest BCUT2D eigenvalue weighted by atomic mass is 16.7. The maximum atomic E-state index is 5.63. The summed E-state index contributed by atoms with van der Waals surface area (Å²) in [6, 6.07) is 0. The van der Waals surface area contributed by atoms with Crippen molar-refractivity contribution in [3.05, 3.63) is 0 Å². The highest BCUT2D eigenvalue weighted by molar-refractivity contribution is 4.82. The van der Waals surface area contributed by atoms with Gasteiger partial charge in [-0.15, -0.1) is 0 Å². The lowest BCUT2D eigenvalue weighted by Gasteiger charge is -2.37. The van der Waals surface area contributed by atoms with E-state index in [1.165, 1.54) is 0 Å². The third-order valence-corrected chi connectivity index (χ3v) is 2.88. The lowest BCUT2D eigenvalue weighted by molar-refractivity contribution is -0.184. The summed E-state index contributed by atoms with van der Waals surface area (Å²) < 4.78 is 11.3. The predicted molar refractivity (Wildman–Crippen MR) is 49.4 cm³/mol. The third kappa shape index (κ3) is 2.02. The summed E-state index contributed by atoms with van der Waals surface area (Å²) in [5, 5.41) is 0. The number of likely N-dealkylation sites (tertiary alicyclic amines) is 1. The van der Waals surface area contributed by atoms with E-state index in [2.05, 4.69) is 4.90 Å². The van der Waals surface area contributed by atoms with Gasteiger partial charge in [-0.25, -0.2) is 0 Å². The van der Waals surface area contributed by atoms with Crippen molar-refractivity contribution in [1.82, 2.24) is 4.90 Å². The number of nitrogens with two attached hydrogens (primary N) is 1. The second kappa shape index (κ2) is 3.92. The van der Waals surface area contributed by atoms with Crippen LogP contribution in [0.25, 0.3) is 0 Å². The molecular formula is C9H18N2O2. The summed E-state index contributed by atoms with van der Waals surface area (Å²) >= 11 is 0. The Morgan fingerprint density at radius 2 is 1.77 bits per heavy atom. The first-order chi connectivity index (χ1) is 6.35. The fourth-order valence-corrected chi connectivity index (χ4v) is 2.09. The second-order valence-electron chi connectivity index (χ2n) is 3.74. The molecule has 2 N–H and O–H groups in total. The van der Waals surface area contributed by atoms with Gasteiger partial charge in [-0.05, 0) is 0 Å². The van der Waals surface area contributed by atoms with Crippen molar-refractivity contribution in [3.8, 4) is 0 Å². The summed E-state index contributed by atoms with van der Waals surface area (Å²) in [6.45, 7) is 5.37. The summed E-state index contributed by atoms with van der Waals surface area (Å²) in [4.78, 5) is 2.37. The number of nitrogens with zero attached hydrogens (tertiary/aromatic N) is 1. The van der Waals surface area contributed by atoms with Gasteiger partial charge >= 0.3 is 0 Å². The van der Waals surface area contributed by atoms with E-state index in [4.69, 9.17) is 15.2 Å². The zero-order chi connectivity index (χ0) is 9.15. The van der Waals surface area contributed by atoms with Crippen LogP contribution in [0.4, 0.5) is 0 Å². The molecule has 0 aromatic rings. The molecule has 2 saturated heterocycles. The SMILES string of the molecule is NCCN1CCC2(CC1)OCCO2. The lowest BCUT2D eigenvalue weighted by atomic mass is 10.0. The largest absolute Gasteiger partial charge is 0.347 e. The topological polar surface area (TPSA) is 47.7 Å². The first kappa shape index (κ1) is 9.40. The van der Waals surface area contributed by atoms with Crippen LogP contribution in [-0.2, 0) is 9.47 Å². The van der Waals surface area contributed by atoms with E-state index >= 15 is 0 Å². The standard InChI is InChI=1S/C9H18N2O2/c10-3-6-11-4-1-9(2-5-11)12-7-8-13-9/h1-8,10H2. The Morgan fingerprint density at radius 1 is 1.15 bits per heavy atom. The number of hydrogen-bond acceptors (Lipinski definition) is 4. The molecule has 1 spiro atoms. The van der Waals surface area contributed by atoms with Gasteiger partial charge in [-0.1, -0.05) is 0 Å². The van der Waals surface area contributed by atoms with E-state index in [1.54, 1.807) is 0 Å². The molecule has 0 bridgehead atoms. The van der Waals surface area contributed by atoms with Crippen LogP contribution in [0.5, 0.6) is 0 Å². The fraction of sp³-hybridized carbons (Fsp3) is 1.00. The minimum absolute atomic E-state index is 0.231. The maximum absolute atomic E-state index is 5.63. The maximum Gasteiger partial charge on any atom is 0.170 e. The van der Waals surface area contributed by atoms with Gasteiger partial charge in [0.15, 0.2) is 5.79 Å². The van der Waals surface area contributed by atoms with Crippen molar-refractivity contribution in [2.45, 2.75) is 18.6 Å². The molecular weight excluding hydrogens is 168 g/mol. The summed E-state index contributed by atoms with van der Waals surface area (Å²) in [5.41, 5.74) is 5.50. The van der Waals surface area contributed by atoms with E-state index in [9.17, 15) is 0 Å². The summed E-state index contributed by atoms with van der Waals surface area (Å²) in [6.07, 6.45) is 1.99. The van der Waals surface area contributed by atoms with Gasteiger partial charge in [0, 0.05) is 39.0 Å². The zero-order valence-electron chi connectivity index (χ0n) is 8.00. The van der Waals surface area contributed by atoms with E-state index in [0.717, 1.165) is 52.2 Å². The number of hydrogen-bond donors (Lipinski definition) is 1. The highest BCUT2D eigenvalue weighted by Gasteiger charge is 2.39. The molecule has 76 valence electrons. The second-order valence-corrected chi connectivity index (χ2v) is 3.74. The first-order valence-corrected chi connectivity index (χ1v) is 5.05. The molecule has 0 radical (unpaired) electrons. The van der Waals surface area contributed by atoms with Crippen LogP contribution in [0.1, 0.15) is 12.8 Å². The van der Waals surface area contributed by atoms with Crippen molar-refractivity contribution >= 4 is 0 Å². The van der Waals surface area contributed by atoms with Crippen LogP contribution in [0.3, 0.4) is 0 Å². The van der Waals surface area contributed by atoms with Crippen molar-refractivity contribution in [1.29, 1.82) is 0 Å². The van der Waals surface area contributed by atoms with Crippen LogP contribution < -0.4 is 5.73 Å². The fourth-order valence-electron chi connectivity index (χ4n) is 2.09. The summed E-state index contributed by atoms with van der Waals surface area (Å²) in [7, 11) is 0. The van der Waals surface area contributed by atoms with Crippen LogP contribution in [0.15, 0.2) is 0 Å². The molecule has 2 heterocycles. The quantitative estimate of drug-likeness (QED) is 0.648. The third-order valence-electron chi connectivity index (χ3n) is 2.88. The van der Waals surface area contributed by atoms with Crippen molar-refractivity contribution in [3.63, 3.8) is 0 Å². The Morgan fingerprint density at radius 3 is 2.31 bits per heavy atom. The Kier molecular flexibility index (Phi) is 2.83. The van der Waals surface area contributed by atoms with Crippen LogP contribution >= 0.6 is 0 Å². The predicted octanol–water partition coefficient (Wildman–Crippen LogP) is -0.216. The Labute approximate surface area is 79.0 Å². The van der Waals surface area contributed by atoms with Gasteiger partial charge < -0.3 is 20.1 Å². The van der Waals surface area contributed by atoms with E-state index in [1.807, 2.05) is 0 Å². The molecule has 4 heteroatoms. The van der Waals surface area contributed by atoms with Gasteiger partial charge in [0.1, 0.15) is 0 Å². The highest BCUT2D eigenvalue weighted by Crippen LogP contribution is 2.30. The molecule has 0 aliphatic carbocycles. The first-order valence-electron chi connectivity index (χ1n) is 5.05. The molecule has 0 atom stereocenters. The molecule has 2 aliphatic heterocycles. The minimum Gasteiger partial charge on any atom is -0.347 e.